The first-order valence-corrected chi connectivity index (χ1v) is 6.13. The summed E-state index contributed by atoms with van der Waals surface area (Å²) in [5.74, 6) is 0.624. The predicted octanol–water partition coefficient (Wildman–Crippen LogP) is 3.15. The zero-order valence-corrected chi connectivity index (χ0v) is 11.0. The van der Waals surface area contributed by atoms with Crippen molar-refractivity contribution in [1.29, 1.82) is 0 Å². The fraction of sp³-hybridized carbons (Fsp3) is 0.500. The molecule has 0 aromatic heterocycles. The molecule has 1 unspecified atom stereocenters. The Kier molecular flexibility index (Phi) is 5.12. The number of rotatable bonds is 5. The highest BCUT2D eigenvalue weighted by molar-refractivity contribution is 9.10. The first-order chi connectivity index (χ1) is 7.13. The number of aryl methyl sites for hydroxylation is 1. The molecule has 15 heavy (non-hydrogen) atoms. The van der Waals surface area contributed by atoms with E-state index in [1.54, 1.807) is 0 Å². The lowest BCUT2D eigenvalue weighted by molar-refractivity contribution is 0.568. The van der Waals surface area contributed by atoms with Crippen LogP contribution in [0.15, 0.2) is 22.7 Å². The maximum Gasteiger partial charge on any atom is 0.0343 e. The van der Waals surface area contributed by atoms with Gasteiger partial charge in [0.25, 0.3) is 0 Å². The van der Waals surface area contributed by atoms with Crippen molar-refractivity contribution in [1.82, 2.24) is 0 Å². The zero-order chi connectivity index (χ0) is 11.3. The van der Waals surface area contributed by atoms with Crippen molar-refractivity contribution in [3.8, 4) is 0 Å². The van der Waals surface area contributed by atoms with Crippen LogP contribution in [0.2, 0.25) is 0 Å². The number of hydrogen-bond donors (Lipinski definition) is 2. The number of benzene rings is 1. The summed E-state index contributed by atoms with van der Waals surface area (Å²) >= 11 is 3.49. The fourth-order valence-corrected chi connectivity index (χ4v) is 1.68. The Morgan fingerprint density at radius 1 is 1.47 bits per heavy atom. The van der Waals surface area contributed by atoms with Crippen molar-refractivity contribution in [3.05, 3.63) is 28.2 Å². The van der Waals surface area contributed by atoms with Crippen LogP contribution < -0.4 is 11.1 Å². The Balaban J connectivity index is 2.47. The smallest absolute Gasteiger partial charge is 0.0343 e. The first kappa shape index (κ1) is 12.5. The lowest BCUT2D eigenvalue weighted by Crippen LogP contribution is -2.15. The minimum absolute atomic E-state index is 0.624. The van der Waals surface area contributed by atoms with Gasteiger partial charge >= 0.3 is 0 Å². The maximum atomic E-state index is 5.51. The maximum absolute atomic E-state index is 5.51. The fourth-order valence-electron chi connectivity index (χ4n) is 1.43. The molecule has 0 saturated carbocycles. The Morgan fingerprint density at radius 3 is 2.80 bits per heavy atom. The topological polar surface area (TPSA) is 38.0 Å². The molecular formula is C12H19BrN2. The van der Waals surface area contributed by atoms with E-state index in [0.717, 1.165) is 24.0 Å². The van der Waals surface area contributed by atoms with Crippen molar-refractivity contribution in [2.75, 3.05) is 18.4 Å². The van der Waals surface area contributed by atoms with Crippen LogP contribution in [0.3, 0.4) is 0 Å². The number of nitrogens with two attached hydrogens (primary N) is 1. The summed E-state index contributed by atoms with van der Waals surface area (Å²) in [6.45, 7) is 6.06. The molecule has 0 amide bonds. The van der Waals surface area contributed by atoms with Crippen molar-refractivity contribution < 1.29 is 0 Å². The molecule has 1 aromatic rings. The lowest BCUT2D eigenvalue weighted by atomic mass is 10.1. The second kappa shape index (κ2) is 6.13. The molecule has 3 N–H and O–H groups in total. The molecule has 84 valence electrons. The zero-order valence-electron chi connectivity index (χ0n) is 9.39. The van der Waals surface area contributed by atoms with Crippen LogP contribution in [-0.4, -0.2) is 13.1 Å². The monoisotopic (exact) mass is 270 g/mol. The molecule has 3 heteroatoms. The summed E-state index contributed by atoms with van der Waals surface area (Å²) in [6, 6.07) is 6.32. The molecular weight excluding hydrogens is 252 g/mol. The van der Waals surface area contributed by atoms with Crippen molar-refractivity contribution in [2.45, 2.75) is 20.3 Å². The minimum atomic E-state index is 0.624. The Bertz CT molecular complexity index is 312. The van der Waals surface area contributed by atoms with Gasteiger partial charge in [0, 0.05) is 16.7 Å². The molecule has 0 bridgehead atoms. The quantitative estimate of drug-likeness (QED) is 0.863. The molecule has 0 aliphatic rings. The van der Waals surface area contributed by atoms with Crippen molar-refractivity contribution >= 4 is 21.6 Å². The standard InChI is InChI=1S/C12H19BrN2/c1-9(5-6-14)8-15-11-3-4-12(13)10(2)7-11/h3-4,7,9,15H,5-6,8,14H2,1-2H3. The number of halogens is 1. The molecule has 1 atom stereocenters. The van der Waals surface area contributed by atoms with E-state index in [2.05, 4.69) is 53.3 Å². The molecule has 1 rings (SSSR count). The summed E-state index contributed by atoms with van der Waals surface area (Å²) in [6.07, 6.45) is 1.07. The summed E-state index contributed by atoms with van der Waals surface area (Å²) in [5, 5.41) is 3.42. The van der Waals surface area contributed by atoms with Gasteiger partial charge in [0.15, 0.2) is 0 Å². The average Bonchev–Trinajstić information content (AvgIpc) is 2.20. The third-order valence-electron chi connectivity index (χ3n) is 2.47. The van der Waals surface area contributed by atoms with Crippen LogP contribution in [0.4, 0.5) is 5.69 Å². The molecule has 2 nitrogen and oxygen atoms in total. The molecule has 1 aromatic carbocycles. The minimum Gasteiger partial charge on any atom is -0.385 e. The third-order valence-corrected chi connectivity index (χ3v) is 3.36. The van der Waals surface area contributed by atoms with Crippen LogP contribution in [0.1, 0.15) is 18.9 Å². The van der Waals surface area contributed by atoms with Gasteiger partial charge in [0.05, 0.1) is 0 Å². The van der Waals surface area contributed by atoms with E-state index in [9.17, 15) is 0 Å². The normalized spacial score (nSPS) is 12.5. The summed E-state index contributed by atoms with van der Waals surface area (Å²) in [4.78, 5) is 0. The van der Waals surface area contributed by atoms with Gasteiger partial charge in [-0.15, -0.1) is 0 Å². The van der Waals surface area contributed by atoms with Gasteiger partial charge in [-0.3, -0.25) is 0 Å². The molecule has 0 aliphatic carbocycles. The van der Waals surface area contributed by atoms with Gasteiger partial charge in [-0.05, 0) is 49.6 Å². The highest BCUT2D eigenvalue weighted by Gasteiger charge is 2.01. The molecule has 0 heterocycles. The molecule has 0 spiro atoms. The van der Waals surface area contributed by atoms with Crippen LogP contribution >= 0.6 is 15.9 Å². The van der Waals surface area contributed by atoms with E-state index in [4.69, 9.17) is 5.73 Å². The highest BCUT2D eigenvalue weighted by Crippen LogP contribution is 2.20. The SMILES string of the molecule is Cc1cc(NCC(C)CCN)ccc1Br. The molecule has 0 saturated heterocycles. The lowest BCUT2D eigenvalue weighted by Gasteiger charge is -2.13. The average molecular weight is 271 g/mol. The van der Waals surface area contributed by atoms with Crippen LogP contribution in [-0.2, 0) is 0 Å². The largest absolute Gasteiger partial charge is 0.385 e. The summed E-state index contributed by atoms with van der Waals surface area (Å²) in [7, 11) is 0. The van der Waals surface area contributed by atoms with Crippen molar-refractivity contribution in [2.24, 2.45) is 11.7 Å². The second-order valence-corrected chi connectivity index (χ2v) is 4.88. The van der Waals surface area contributed by atoms with Gasteiger partial charge in [0.2, 0.25) is 0 Å². The van der Waals surface area contributed by atoms with E-state index in [0.29, 0.717) is 5.92 Å². The summed E-state index contributed by atoms with van der Waals surface area (Å²) in [5.41, 5.74) is 7.94. The molecule has 0 radical (unpaired) electrons. The summed E-state index contributed by atoms with van der Waals surface area (Å²) < 4.78 is 1.16. The highest BCUT2D eigenvalue weighted by atomic mass is 79.9. The van der Waals surface area contributed by atoms with Gasteiger partial charge in [-0.1, -0.05) is 22.9 Å². The van der Waals surface area contributed by atoms with Crippen LogP contribution in [0.25, 0.3) is 0 Å². The number of hydrogen-bond acceptors (Lipinski definition) is 2. The van der Waals surface area contributed by atoms with Gasteiger partial charge < -0.3 is 11.1 Å². The van der Waals surface area contributed by atoms with Gasteiger partial charge in [-0.2, -0.15) is 0 Å². The number of nitrogens with one attached hydrogen (secondary N) is 1. The van der Waals surface area contributed by atoms with E-state index < -0.39 is 0 Å². The Labute approximate surface area is 100 Å². The Hall–Kier alpha value is -0.540. The molecule has 0 aliphatic heterocycles. The van der Waals surface area contributed by atoms with Gasteiger partial charge in [0.1, 0.15) is 0 Å². The predicted molar refractivity (Wildman–Crippen MR) is 70.2 cm³/mol. The third kappa shape index (κ3) is 4.22. The van der Waals surface area contributed by atoms with Crippen LogP contribution in [0, 0.1) is 12.8 Å². The second-order valence-electron chi connectivity index (χ2n) is 4.03. The number of anilines is 1. The van der Waals surface area contributed by atoms with E-state index >= 15 is 0 Å². The first-order valence-electron chi connectivity index (χ1n) is 5.33. The Morgan fingerprint density at radius 2 is 2.20 bits per heavy atom. The van der Waals surface area contributed by atoms with Gasteiger partial charge in [-0.25, -0.2) is 0 Å². The van der Waals surface area contributed by atoms with E-state index in [1.165, 1.54) is 11.3 Å². The van der Waals surface area contributed by atoms with E-state index in [1.807, 2.05) is 0 Å². The molecule has 0 fully saturated rings. The van der Waals surface area contributed by atoms with E-state index in [-0.39, 0.29) is 0 Å². The van der Waals surface area contributed by atoms with Crippen molar-refractivity contribution in [3.63, 3.8) is 0 Å². The van der Waals surface area contributed by atoms with Crippen LogP contribution in [0.5, 0.6) is 0 Å².